The predicted molar refractivity (Wildman–Crippen MR) is 98.8 cm³/mol. The van der Waals surface area contributed by atoms with Crippen LogP contribution in [0.4, 0.5) is 0 Å². The van der Waals surface area contributed by atoms with Crippen molar-refractivity contribution in [1.82, 2.24) is 0 Å². The first kappa shape index (κ1) is 18.2. The summed E-state index contributed by atoms with van der Waals surface area (Å²) in [5, 5.41) is 19.6. The van der Waals surface area contributed by atoms with Gasteiger partial charge in [0, 0.05) is 0 Å². The second-order valence-corrected chi connectivity index (χ2v) is 7.32. The molecule has 136 valence electrons. The van der Waals surface area contributed by atoms with Gasteiger partial charge in [0.05, 0.1) is 11.3 Å². The van der Waals surface area contributed by atoms with Gasteiger partial charge in [0.2, 0.25) is 0 Å². The molecule has 0 spiro atoms. The maximum Gasteiger partial charge on any atom is 0.310 e. The lowest BCUT2D eigenvalue weighted by atomic mass is 9.59. The molecule has 1 fully saturated rings. The van der Waals surface area contributed by atoms with Gasteiger partial charge in [0.15, 0.2) is 0 Å². The highest BCUT2D eigenvalue weighted by Gasteiger charge is 2.50. The summed E-state index contributed by atoms with van der Waals surface area (Å²) < 4.78 is 0. The number of carbonyl (C=O) groups is 2. The Labute approximate surface area is 153 Å². The van der Waals surface area contributed by atoms with Crippen molar-refractivity contribution in [3.63, 3.8) is 0 Å². The number of carboxylic acids is 2. The van der Waals surface area contributed by atoms with Crippen LogP contribution in [-0.4, -0.2) is 22.2 Å². The normalized spacial score (nSPS) is 25.5. The van der Waals surface area contributed by atoms with Crippen LogP contribution in [0.1, 0.15) is 30.4 Å². The van der Waals surface area contributed by atoms with Gasteiger partial charge in [-0.15, -0.1) is 0 Å². The Morgan fingerprint density at radius 2 is 1.50 bits per heavy atom. The maximum absolute atomic E-state index is 12.4. The summed E-state index contributed by atoms with van der Waals surface area (Å²) in [6.07, 6.45) is 2.24. The first-order valence-electron chi connectivity index (χ1n) is 9.05. The Hall–Kier alpha value is -2.62. The van der Waals surface area contributed by atoms with Crippen molar-refractivity contribution in [2.75, 3.05) is 0 Å². The molecule has 3 unspecified atom stereocenters. The van der Waals surface area contributed by atoms with Crippen LogP contribution in [-0.2, 0) is 22.4 Å². The predicted octanol–water partition coefficient (Wildman–Crippen LogP) is 4.04. The smallest absolute Gasteiger partial charge is 0.310 e. The molecule has 3 atom stereocenters. The fourth-order valence-electron chi connectivity index (χ4n) is 4.27. The largest absolute Gasteiger partial charge is 0.481 e. The van der Waals surface area contributed by atoms with Crippen LogP contribution < -0.4 is 0 Å². The van der Waals surface area contributed by atoms with E-state index in [0.29, 0.717) is 32.1 Å². The third kappa shape index (κ3) is 3.79. The molecule has 4 nitrogen and oxygen atoms in total. The van der Waals surface area contributed by atoms with E-state index in [-0.39, 0.29) is 5.92 Å². The minimum absolute atomic E-state index is 0.211. The lowest BCUT2D eigenvalue weighted by Gasteiger charge is -2.43. The molecule has 0 heterocycles. The topological polar surface area (TPSA) is 74.6 Å². The second kappa shape index (κ2) is 7.73. The minimum Gasteiger partial charge on any atom is -0.481 e. The molecule has 2 N–H and O–H groups in total. The zero-order chi connectivity index (χ0) is 18.6. The lowest BCUT2D eigenvalue weighted by molar-refractivity contribution is -0.160. The third-order valence-electron chi connectivity index (χ3n) is 5.75. The highest BCUT2D eigenvalue weighted by atomic mass is 16.4. The molecular weight excluding hydrogens is 328 g/mol. The van der Waals surface area contributed by atoms with Crippen LogP contribution in [0.5, 0.6) is 0 Å². The van der Waals surface area contributed by atoms with E-state index >= 15 is 0 Å². The summed E-state index contributed by atoms with van der Waals surface area (Å²) in [5.41, 5.74) is 1.12. The Balaban J connectivity index is 1.95. The van der Waals surface area contributed by atoms with E-state index < -0.39 is 23.3 Å². The third-order valence-corrected chi connectivity index (χ3v) is 5.75. The van der Waals surface area contributed by atoms with Crippen molar-refractivity contribution in [3.8, 4) is 0 Å². The van der Waals surface area contributed by atoms with E-state index in [2.05, 4.69) is 0 Å². The number of benzene rings is 2. The molecule has 1 saturated carbocycles. The van der Waals surface area contributed by atoms with Gasteiger partial charge in [-0.3, -0.25) is 9.59 Å². The Morgan fingerprint density at radius 3 is 2.04 bits per heavy atom. The summed E-state index contributed by atoms with van der Waals surface area (Å²) in [6.45, 7) is 0. The highest BCUT2D eigenvalue weighted by molar-refractivity contribution is 5.77. The number of hydrogen-bond donors (Lipinski definition) is 2. The van der Waals surface area contributed by atoms with Crippen LogP contribution in [0.2, 0.25) is 0 Å². The Kier molecular flexibility index (Phi) is 5.40. The van der Waals surface area contributed by atoms with Crippen LogP contribution in [0, 0.1) is 17.3 Å². The zero-order valence-electron chi connectivity index (χ0n) is 14.7. The summed E-state index contributed by atoms with van der Waals surface area (Å²) in [5.74, 6) is -2.31. The minimum atomic E-state index is -0.927. The van der Waals surface area contributed by atoms with Crippen LogP contribution in [0.15, 0.2) is 60.7 Å². The van der Waals surface area contributed by atoms with E-state index in [1.807, 2.05) is 60.7 Å². The molecule has 1 aliphatic carbocycles. The summed E-state index contributed by atoms with van der Waals surface area (Å²) in [6, 6.07) is 19.4. The Bertz CT molecular complexity index is 756. The fraction of sp³-hybridized carbons (Fsp3) is 0.364. The molecule has 1 aliphatic rings. The second-order valence-electron chi connectivity index (χ2n) is 7.32. The zero-order valence-corrected chi connectivity index (χ0v) is 14.7. The molecule has 0 bridgehead atoms. The molecule has 0 aliphatic heterocycles. The molecule has 3 rings (SSSR count). The molecule has 4 heteroatoms. The summed E-state index contributed by atoms with van der Waals surface area (Å²) in [7, 11) is 0. The first-order chi connectivity index (χ1) is 12.5. The Morgan fingerprint density at radius 1 is 0.923 bits per heavy atom. The van der Waals surface area contributed by atoms with Crippen molar-refractivity contribution in [2.45, 2.75) is 32.1 Å². The molecule has 0 amide bonds. The van der Waals surface area contributed by atoms with Crippen LogP contribution in [0.3, 0.4) is 0 Å². The number of hydrogen-bond acceptors (Lipinski definition) is 2. The van der Waals surface area contributed by atoms with Gasteiger partial charge in [-0.1, -0.05) is 60.7 Å². The van der Waals surface area contributed by atoms with Gasteiger partial charge in [0.1, 0.15) is 0 Å². The van der Waals surface area contributed by atoms with E-state index in [1.54, 1.807) is 0 Å². The van der Waals surface area contributed by atoms with Gasteiger partial charge in [-0.05, 0) is 49.1 Å². The fourth-order valence-corrected chi connectivity index (χ4v) is 4.27. The highest BCUT2D eigenvalue weighted by Crippen LogP contribution is 2.47. The van der Waals surface area contributed by atoms with Crippen LogP contribution >= 0.6 is 0 Å². The van der Waals surface area contributed by atoms with Gasteiger partial charge in [0.25, 0.3) is 0 Å². The molecule has 2 aromatic carbocycles. The van der Waals surface area contributed by atoms with Gasteiger partial charge in [-0.25, -0.2) is 0 Å². The molecule has 26 heavy (non-hydrogen) atoms. The van der Waals surface area contributed by atoms with Crippen molar-refractivity contribution >= 4 is 11.9 Å². The average Bonchev–Trinajstić information content (AvgIpc) is 2.64. The number of aliphatic carboxylic acids is 2. The maximum atomic E-state index is 12.4. The van der Waals surface area contributed by atoms with Crippen LogP contribution in [0.25, 0.3) is 0 Å². The van der Waals surface area contributed by atoms with Crippen molar-refractivity contribution in [3.05, 3.63) is 71.8 Å². The monoisotopic (exact) mass is 352 g/mol. The van der Waals surface area contributed by atoms with E-state index in [4.69, 9.17) is 0 Å². The first-order valence-corrected chi connectivity index (χ1v) is 9.05. The van der Waals surface area contributed by atoms with E-state index in [9.17, 15) is 19.8 Å². The van der Waals surface area contributed by atoms with E-state index in [1.165, 1.54) is 0 Å². The molecule has 0 radical (unpaired) electrons. The van der Waals surface area contributed by atoms with Gasteiger partial charge < -0.3 is 10.2 Å². The molecular formula is C22H24O4. The van der Waals surface area contributed by atoms with E-state index in [0.717, 1.165) is 11.1 Å². The molecule has 0 saturated heterocycles. The summed E-state index contributed by atoms with van der Waals surface area (Å²) >= 11 is 0. The number of rotatable bonds is 6. The molecule has 0 aromatic heterocycles. The SMILES string of the molecule is O=C(O)C1CCC(Cc2ccccc2)(C(=O)O)C(Cc2ccccc2)C1. The number of carboxylic acid groups (broad SMARTS) is 2. The quantitative estimate of drug-likeness (QED) is 0.823. The lowest BCUT2D eigenvalue weighted by Crippen LogP contribution is -2.47. The standard InChI is InChI=1S/C22H24O4/c23-20(24)18-11-12-22(21(25)26,15-17-9-5-2-6-10-17)19(14-18)13-16-7-3-1-4-8-16/h1-10,18-19H,11-15H2,(H,23,24)(H,25,26). The van der Waals surface area contributed by atoms with Crippen molar-refractivity contribution in [1.29, 1.82) is 0 Å². The van der Waals surface area contributed by atoms with Crippen molar-refractivity contribution < 1.29 is 19.8 Å². The van der Waals surface area contributed by atoms with Gasteiger partial charge in [-0.2, -0.15) is 0 Å². The van der Waals surface area contributed by atoms with Crippen molar-refractivity contribution in [2.24, 2.45) is 17.3 Å². The summed E-state index contributed by atoms with van der Waals surface area (Å²) in [4.78, 5) is 24.0. The molecule has 2 aromatic rings. The average molecular weight is 352 g/mol. The van der Waals surface area contributed by atoms with Gasteiger partial charge >= 0.3 is 11.9 Å².